The molecule has 0 aliphatic carbocycles. The average Bonchev–Trinajstić information content (AvgIpc) is 2.07. The zero-order chi connectivity index (χ0) is 8.97. The summed E-state index contributed by atoms with van der Waals surface area (Å²) in [6.45, 7) is 2.03. The molecule has 0 fully saturated rings. The van der Waals surface area contributed by atoms with Crippen LogP contribution in [0.2, 0.25) is 6.32 Å². The van der Waals surface area contributed by atoms with Crippen molar-refractivity contribution in [2.24, 2.45) is 0 Å². The van der Waals surface area contributed by atoms with Crippen LogP contribution in [0.3, 0.4) is 0 Å². The van der Waals surface area contributed by atoms with Gasteiger partial charge in [-0.25, -0.2) is 10.7 Å². The SMILES string of the molecule is Cc1ccc(F)cc1[B-]CCO. The molecule has 1 nitrogen and oxygen atoms in total. The summed E-state index contributed by atoms with van der Waals surface area (Å²) in [5, 5.41) is 8.56. The normalized spacial score (nSPS) is 10.2. The van der Waals surface area contributed by atoms with E-state index in [2.05, 4.69) is 0 Å². The second-order valence-corrected chi connectivity index (χ2v) is 2.72. The van der Waals surface area contributed by atoms with Gasteiger partial charge in [-0.1, -0.05) is 17.7 Å². The molecule has 1 aromatic rings. The number of aryl methyl sites for hydroxylation is 1. The summed E-state index contributed by atoms with van der Waals surface area (Å²) < 4.78 is 12.7. The molecule has 1 N–H and O–H groups in total. The molecule has 64 valence electrons. The predicted octanol–water partition coefficient (Wildman–Crippen LogP) is 0.874. The number of hydrogen-bond acceptors (Lipinski definition) is 1. The minimum atomic E-state index is -0.232. The fourth-order valence-electron chi connectivity index (χ4n) is 1.05. The lowest BCUT2D eigenvalue weighted by atomic mass is 9.66. The summed E-state index contributed by atoms with van der Waals surface area (Å²) in [6, 6.07) is 4.65. The highest BCUT2D eigenvalue weighted by Gasteiger charge is 1.89. The highest BCUT2D eigenvalue weighted by Crippen LogP contribution is 1.98. The first kappa shape index (κ1) is 9.26. The Morgan fingerprint density at radius 2 is 2.25 bits per heavy atom. The van der Waals surface area contributed by atoms with Crippen LogP contribution in [0.1, 0.15) is 5.56 Å². The van der Waals surface area contributed by atoms with Crippen molar-refractivity contribution in [2.75, 3.05) is 6.61 Å². The molecule has 0 aliphatic heterocycles. The summed E-state index contributed by atoms with van der Waals surface area (Å²) >= 11 is 0. The molecule has 0 unspecified atom stereocenters. The van der Waals surface area contributed by atoms with Gasteiger partial charge in [-0.15, -0.1) is 0 Å². The molecule has 0 amide bonds. The van der Waals surface area contributed by atoms with Gasteiger partial charge in [-0.3, -0.25) is 12.7 Å². The van der Waals surface area contributed by atoms with E-state index in [1.54, 1.807) is 6.07 Å². The highest BCUT2D eigenvalue weighted by atomic mass is 19.1. The third-order valence-corrected chi connectivity index (χ3v) is 1.73. The van der Waals surface area contributed by atoms with Crippen LogP contribution in [-0.4, -0.2) is 19.0 Å². The van der Waals surface area contributed by atoms with Crippen LogP contribution in [-0.2, 0) is 0 Å². The second-order valence-electron chi connectivity index (χ2n) is 2.72. The van der Waals surface area contributed by atoms with Crippen molar-refractivity contribution >= 4 is 12.7 Å². The Balaban J connectivity index is 2.75. The smallest absolute Gasteiger partial charge is 0.119 e. The molecule has 2 radical (unpaired) electrons. The van der Waals surface area contributed by atoms with Gasteiger partial charge >= 0.3 is 0 Å². The first-order valence-corrected chi connectivity index (χ1v) is 3.94. The van der Waals surface area contributed by atoms with Crippen LogP contribution < -0.4 is 5.46 Å². The van der Waals surface area contributed by atoms with Gasteiger partial charge in [0.15, 0.2) is 0 Å². The van der Waals surface area contributed by atoms with Crippen molar-refractivity contribution in [3.05, 3.63) is 29.6 Å². The van der Waals surface area contributed by atoms with Crippen LogP contribution in [0.15, 0.2) is 18.2 Å². The summed E-state index contributed by atoms with van der Waals surface area (Å²) in [5.41, 5.74) is 1.90. The van der Waals surface area contributed by atoms with Gasteiger partial charge in [0, 0.05) is 6.61 Å². The molecule has 0 aliphatic rings. The Morgan fingerprint density at radius 3 is 2.92 bits per heavy atom. The van der Waals surface area contributed by atoms with E-state index in [0.717, 1.165) is 11.0 Å². The van der Waals surface area contributed by atoms with E-state index in [9.17, 15) is 4.39 Å². The van der Waals surface area contributed by atoms with E-state index in [-0.39, 0.29) is 12.4 Å². The first-order valence-electron chi connectivity index (χ1n) is 3.94. The third-order valence-electron chi connectivity index (χ3n) is 1.73. The molecular weight excluding hydrogens is 154 g/mol. The van der Waals surface area contributed by atoms with Crippen LogP contribution in [0.4, 0.5) is 4.39 Å². The lowest BCUT2D eigenvalue weighted by molar-refractivity contribution is 0.318. The number of aliphatic hydroxyl groups excluding tert-OH is 1. The topological polar surface area (TPSA) is 20.2 Å². The molecule has 0 spiro atoms. The van der Waals surface area contributed by atoms with E-state index in [4.69, 9.17) is 5.11 Å². The summed E-state index contributed by atoms with van der Waals surface area (Å²) in [5.74, 6) is -0.232. The number of hydrogen-bond donors (Lipinski definition) is 1. The number of benzene rings is 1. The minimum Gasteiger partial charge on any atom is -0.400 e. The zero-order valence-electron chi connectivity index (χ0n) is 7.05. The molecule has 0 aromatic heterocycles. The molecule has 1 aromatic carbocycles. The fourth-order valence-corrected chi connectivity index (χ4v) is 1.05. The Kier molecular flexibility index (Phi) is 3.29. The van der Waals surface area contributed by atoms with E-state index >= 15 is 0 Å². The molecule has 12 heavy (non-hydrogen) atoms. The van der Waals surface area contributed by atoms with E-state index in [1.807, 2.05) is 14.2 Å². The molecule has 0 atom stereocenters. The van der Waals surface area contributed by atoms with Crippen LogP contribution in [0.25, 0.3) is 0 Å². The standard InChI is InChI=1S/C9H11BFO/c1-7-2-3-8(11)6-9(7)10-4-5-12/h2-3,6,12H,4-5H2,1H3/q-1. The van der Waals surface area contributed by atoms with Gasteiger partial charge in [-0.2, -0.15) is 0 Å². The van der Waals surface area contributed by atoms with Gasteiger partial charge in [0.2, 0.25) is 0 Å². The molecule has 0 bridgehead atoms. The summed E-state index contributed by atoms with van der Waals surface area (Å²) in [6.07, 6.45) is 0.574. The van der Waals surface area contributed by atoms with Crippen molar-refractivity contribution in [2.45, 2.75) is 13.2 Å². The number of aliphatic hydroxyl groups is 1. The molecule has 0 saturated heterocycles. The lowest BCUT2D eigenvalue weighted by Gasteiger charge is -2.17. The van der Waals surface area contributed by atoms with Crippen LogP contribution in [0, 0.1) is 12.7 Å². The number of rotatable bonds is 3. The van der Waals surface area contributed by atoms with Gasteiger partial charge in [0.05, 0.1) is 0 Å². The predicted molar refractivity (Wildman–Crippen MR) is 48.4 cm³/mol. The Morgan fingerprint density at radius 1 is 1.50 bits per heavy atom. The largest absolute Gasteiger partial charge is 0.400 e. The molecule has 3 heteroatoms. The average molecular weight is 165 g/mol. The molecular formula is C9H11BFO-. The van der Waals surface area contributed by atoms with Gasteiger partial charge in [-0.05, 0) is 13.0 Å². The van der Waals surface area contributed by atoms with Crippen LogP contribution in [0.5, 0.6) is 0 Å². The minimum absolute atomic E-state index is 0.107. The van der Waals surface area contributed by atoms with E-state index in [0.29, 0.717) is 6.32 Å². The van der Waals surface area contributed by atoms with Crippen molar-refractivity contribution in [3.8, 4) is 0 Å². The van der Waals surface area contributed by atoms with Crippen LogP contribution >= 0.6 is 0 Å². The third kappa shape index (κ3) is 2.34. The van der Waals surface area contributed by atoms with Crippen molar-refractivity contribution in [3.63, 3.8) is 0 Å². The van der Waals surface area contributed by atoms with Crippen molar-refractivity contribution in [1.29, 1.82) is 0 Å². The zero-order valence-corrected chi connectivity index (χ0v) is 7.05. The molecule has 1 rings (SSSR count). The Labute approximate surface area is 72.5 Å². The Hall–Kier alpha value is -0.825. The first-order chi connectivity index (χ1) is 5.74. The van der Waals surface area contributed by atoms with Gasteiger partial charge < -0.3 is 5.11 Å². The Bertz CT molecular complexity index is 263. The number of halogens is 1. The summed E-state index contributed by atoms with van der Waals surface area (Å²) in [4.78, 5) is 0. The van der Waals surface area contributed by atoms with Gasteiger partial charge in [0.1, 0.15) is 5.82 Å². The van der Waals surface area contributed by atoms with E-state index < -0.39 is 0 Å². The van der Waals surface area contributed by atoms with E-state index in [1.165, 1.54) is 12.1 Å². The monoisotopic (exact) mass is 165 g/mol. The maximum absolute atomic E-state index is 12.7. The van der Waals surface area contributed by atoms with Crippen molar-refractivity contribution in [1.82, 2.24) is 0 Å². The highest BCUT2D eigenvalue weighted by molar-refractivity contribution is 6.54. The fraction of sp³-hybridized carbons (Fsp3) is 0.333. The maximum atomic E-state index is 12.7. The molecule has 0 saturated carbocycles. The van der Waals surface area contributed by atoms with Gasteiger partial charge in [0.25, 0.3) is 0 Å². The lowest BCUT2D eigenvalue weighted by Crippen LogP contribution is -2.18. The maximum Gasteiger partial charge on any atom is 0.119 e. The quantitative estimate of drug-likeness (QED) is 0.659. The van der Waals surface area contributed by atoms with Crippen molar-refractivity contribution < 1.29 is 9.50 Å². The molecule has 0 heterocycles. The summed E-state index contributed by atoms with van der Waals surface area (Å²) in [7, 11) is 1.83. The second kappa shape index (κ2) is 4.26.